The second-order valence-corrected chi connectivity index (χ2v) is 6.03. The van der Waals surface area contributed by atoms with Crippen LogP contribution in [0.2, 0.25) is 0 Å². The van der Waals surface area contributed by atoms with Crippen molar-refractivity contribution in [2.45, 2.75) is 26.3 Å². The molecule has 3 nitrogen and oxygen atoms in total. The standard InChI is InChI=1S/C18H21NO2/c1-11-9-12(2)18(20)15-7-8-16(19-17(11)15)13-5-4-6-14(10-13)21-3/h4-8,10-12,17,19H,9H2,1-3H3. The molecule has 3 atom stereocenters. The summed E-state index contributed by atoms with van der Waals surface area (Å²) in [6, 6.07) is 8.10. The Kier molecular flexibility index (Phi) is 3.58. The number of hydrogen-bond acceptors (Lipinski definition) is 3. The topological polar surface area (TPSA) is 38.3 Å². The molecule has 3 heteroatoms. The second-order valence-electron chi connectivity index (χ2n) is 6.03. The molecule has 2 aliphatic rings. The van der Waals surface area contributed by atoms with E-state index >= 15 is 0 Å². The first-order chi connectivity index (χ1) is 10.1. The second kappa shape index (κ2) is 5.40. The highest BCUT2D eigenvalue weighted by Gasteiger charge is 2.37. The molecule has 1 aliphatic carbocycles. The molecule has 110 valence electrons. The number of Topliss-reactive ketones (excluding diaryl/α,β-unsaturated/α-hetero) is 1. The summed E-state index contributed by atoms with van der Waals surface area (Å²) >= 11 is 0. The normalized spacial score (nSPS) is 28.1. The summed E-state index contributed by atoms with van der Waals surface area (Å²) < 4.78 is 5.28. The van der Waals surface area contributed by atoms with Crippen molar-refractivity contribution >= 4 is 11.5 Å². The van der Waals surface area contributed by atoms with Gasteiger partial charge in [-0.15, -0.1) is 0 Å². The maximum Gasteiger partial charge on any atom is 0.163 e. The van der Waals surface area contributed by atoms with Crippen LogP contribution in [0.25, 0.3) is 5.70 Å². The maximum atomic E-state index is 12.3. The lowest BCUT2D eigenvalue weighted by molar-refractivity contribution is -0.121. The van der Waals surface area contributed by atoms with Crippen molar-refractivity contribution in [3.8, 4) is 5.75 Å². The predicted molar refractivity (Wildman–Crippen MR) is 83.9 cm³/mol. The molecule has 1 aliphatic heterocycles. The minimum atomic E-state index is 0.125. The number of carbonyl (C=O) groups is 1. The van der Waals surface area contributed by atoms with Crippen molar-refractivity contribution in [2.24, 2.45) is 11.8 Å². The molecule has 1 N–H and O–H groups in total. The number of methoxy groups -OCH3 is 1. The Bertz CT molecular complexity index is 630. The van der Waals surface area contributed by atoms with Crippen molar-refractivity contribution in [1.82, 2.24) is 5.32 Å². The average molecular weight is 283 g/mol. The molecule has 1 aromatic carbocycles. The molecule has 21 heavy (non-hydrogen) atoms. The zero-order chi connectivity index (χ0) is 15.0. The zero-order valence-corrected chi connectivity index (χ0v) is 12.7. The van der Waals surface area contributed by atoms with Crippen LogP contribution in [0.4, 0.5) is 0 Å². The van der Waals surface area contributed by atoms with Gasteiger partial charge >= 0.3 is 0 Å². The molecule has 1 heterocycles. The maximum absolute atomic E-state index is 12.3. The van der Waals surface area contributed by atoms with E-state index in [1.807, 2.05) is 37.3 Å². The number of allylic oxidation sites excluding steroid dienone is 2. The Morgan fingerprint density at radius 1 is 1.24 bits per heavy atom. The summed E-state index contributed by atoms with van der Waals surface area (Å²) in [4.78, 5) is 12.3. The van der Waals surface area contributed by atoms with E-state index < -0.39 is 0 Å². The van der Waals surface area contributed by atoms with E-state index in [4.69, 9.17) is 4.74 Å². The molecular weight excluding hydrogens is 262 g/mol. The summed E-state index contributed by atoms with van der Waals surface area (Å²) in [6.45, 7) is 4.24. The molecule has 1 saturated carbocycles. The van der Waals surface area contributed by atoms with Crippen LogP contribution in [0, 0.1) is 11.8 Å². The largest absolute Gasteiger partial charge is 0.497 e. The molecule has 0 radical (unpaired) electrons. The van der Waals surface area contributed by atoms with Gasteiger partial charge in [0, 0.05) is 22.8 Å². The van der Waals surface area contributed by atoms with E-state index in [-0.39, 0.29) is 17.7 Å². The van der Waals surface area contributed by atoms with Gasteiger partial charge < -0.3 is 10.1 Å². The van der Waals surface area contributed by atoms with Gasteiger partial charge in [-0.1, -0.05) is 32.1 Å². The summed E-state index contributed by atoms with van der Waals surface area (Å²) in [5.41, 5.74) is 3.06. The van der Waals surface area contributed by atoms with Gasteiger partial charge in [-0.2, -0.15) is 0 Å². The SMILES string of the molecule is COc1cccc(C2=CC=C3C(=O)C(C)CC(C)C3N2)c1. The number of nitrogens with one attached hydrogen (secondary N) is 1. The number of dihydropyridines is 1. The first-order valence-corrected chi connectivity index (χ1v) is 7.47. The number of ether oxygens (including phenoxy) is 1. The molecule has 1 fully saturated rings. The predicted octanol–water partition coefficient (Wildman–Crippen LogP) is 3.18. The van der Waals surface area contributed by atoms with Gasteiger partial charge in [0.15, 0.2) is 5.78 Å². The molecule has 3 rings (SSSR count). The van der Waals surface area contributed by atoms with E-state index in [0.717, 1.165) is 29.0 Å². The van der Waals surface area contributed by atoms with Crippen molar-refractivity contribution in [2.75, 3.05) is 7.11 Å². The third-order valence-corrected chi connectivity index (χ3v) is 4.48. The minimum Gasteiger partial charge on any atom is -0.497 e. The van der Waals surface area contributed by atoms with Crippen molar-refractivity contribution in [3.63, 3.8) is 0 Å². The van der Waals surface area contributed by atoms with Crippen molar-refractivity contribution in [3.05, 3.63) is 47.6 Å². The molecular formula is C18H21NO2. The Hall–Kier alpha value is -2.03. The fraction of sp³-hybridized carbons (Fsp3) is 0.389. The Morgan fingerprint density at radius 2 is 2.05 bits per heavy atom. The van der Waals surface area contributed by atoms with Gasteiger partial charge in [0.1, 0.15) is 5.75 Å². The van der Waals surface area contributed by atoms with Gasteiger partial charge in [0.25, 0.3) is 0 Å². The van der Waals surface area contributed by atoms with Crippen LogP contribution in [0.3, 0.4) is 0 Å². The molecule has 1 aromatic rings. The van der Waals surface area contributed by atoms with Crippen LogP contribution in [0.15, 0.2) is 42.0 Å². The molecule has 0 saturated heterocycles. The van der Waals surface area contributed by atoms with Gasteiger partial charge in [0.05, 0.1) is 13.2 Å². The smallest absolute Gasteiger partial charge is 0.163 e. The van der Waals surface area contributed by atoms with Crippen molar-refractivity contribution in [1.29, 1.82) is 0 Å². The fourth-order valence-electron chi connectivity index (χ4n) is 3.31. The molecule has 0 spiro atoms. The summed E-state index contributed by atoms with van der Waals surface area (Å²) in [5, 5.41) is 3.54. The average Bonchev–Trinajstić information content (AvgIpc) is 2.52. The number of ketones is 1. The molecule has 3 unspecified atom stereocenters. The number of hydrogen-bond donors (Lipinski definition) is 1. The van der Waals surface area contributed by atoms with Gasteiger partial charge in [-0.25, -0.2) is 0 Å². The van der Waals surface area contributed by atoms with Gasteiger partial charge in [-0.3, -0.25) is 4.79 Å². The summed E-state index contributed by atoms with van der Waals surface area (Å²) in [7, 11) is 1.67. The lowest BCUT2D eigenvalue weighted by atomic mass is 9.74. The van der Waals surface area contributed by atoms with E-state index in [0.29, 0.717) is 5.92 Å². The summed E-state index contributed by atoms with van der Waals surface area (Å²) in [5.74, 6) is 1.72. The first-order valence-electron chi connectivity index (χ1n) is 7.47. The third-order valence-electron chi connectivity index (χ3n) is 4.48. The molecule has 0 amide bonds. The fourth-order valence-corrected chi connectivity index (χ4v) is 3.31. The summed E-state index contributed by atoms with van der Waals surface area (Å²) in [6.07, 6.45) is 4.94. The monoisotopic (exact) mass is 283 g/mol. The lowest BCUT2D eigenvalue weighted by Gasteiger charge is -2.37. The van der Waals surface area contributed by atoms with E-state index in [1.54, 1.807) is 7.11 Å². The van der Waals surface area contributed by atoms with Crippen LogP contribution in [0.5, 0.6) is 5.75 Å². The highest BCUT2D eigenvalue weighted by Crippen LogP contribution is 2.34. The number of carbonyl (C=O) groups excluding carboxylic acids is 1. The highest BCUT2D eigenvalue weighted by atomic mass is 16.5. The van der Waals surface area contributed by atoms with Crippen molar-refractivity contribution < 1.29 is 9.53 Å². The third kappa shape index (κ3) is 2.48. The van der Waals surface area contributed by atoms with Gasteiger partial charge in [-0.05, 0) is 30.5 Å². The molecule has 0 bridgehead atoms. The zero-order valence-electron chi connectivity index (χ0n) is 12.7. The van der Waals surface area contributed by atoms with Crippen LogP contribution < -0.4 is 10.1 Å². The Labute approximate surface area is 125 Å². The first kappa shape index (κ1) is 13.9. The quantitative estimate of drug-likeness (QED) is 0.906. The van der Waals surface area contributed by atoms with Crippen LogP contribution in [0.1, 0.15) is 25.8 Å². The number of rotatable bonds is 2. The van der Waals surface area contributed by atoms with Crippen LogP contribution >= 0.6 is 0 Å². The van der Waals surface area contributed by atoms with E-state index in [9.17, 15) is 4.79 Å². The Morgan fingerprint density at radius 3 is 2.81 bits per heavy atom. The highest BCUT2D eigenvalue weighted by molar-refractivity contribution is 6.00. The van der Waals surface area contributed by atoms with Gasteiger partial charge in [0.2, 0.25) is 0 Å². The number of fused-ring (bicyclic) bond motifs is 1. The molecule has 0 aromatic heterocycles. The lowest BCUT2D eigenvalue weighted by Crippen LogP contribution is -2.45. The van der Waals surface area contributed by atoms with E-state index in [2.05, 4.69) is 18.3 Å². The van der Waals surface area contributed by atoms with E-state index in [1.165, 1.54) is 0 Å². The van der Waals surface area contributed by atoms with Crippen LogP contribution in [-0.2, 0) is 4.79 Å². The minimum absolute atomic E-state index is 0.125. The number of benzene rings is 1. The Balaban J connectivity index is 1.94. The van der Waals surface area contributed by atoms with Crippen LogP contribution in [-0.4, -0.2) is 18.9 Å².